The molecule has 1 saturated heterocycles. The lowest BCUT2D eigenvalue weighted by Crippen LogP contribution is -2.61. The zero-order valence-electron chi connectivity index (χ0n) is 63.8. The van der Waals surface area contributed by atoms with Gasteiger partial charge in [-0.05, 0) is 116 Å². The van der Waals surface area contributed by atoms with Crippen molar-refractivity contribution in [2.75, 3.05) is 68.2 Å². The quantitative estimate of drug-likeness (QED) is 0.0480. The van der Waals surface area contributed by atoms with Crippen LogP contribution in [-0.4, -0.2) is 238 Å². The number of ketones is 2. The van der Waals surface area contributed by atoms with Gasteiger partial charge in [0.05, 0.1) is 18.7 Å². The van der Waals surface area contributed by atoms with Crippen molar-refractivity contribution in [2.24, 2.45) is 53.3 Å². The van der Waals surface area contributed by atoms with E-state index in [2.05, 4.69) is 20.9 Å². The molecule has 0 aromatic carbocycles. The number of nitrogens with one attached hydrogen (secondary N) is 3. The van der Waals surface area contributed by atoms with E-state index in [0.717, 1.165) is 9.93 Å². The van der Waals surface area contributed by atoms with Crippen molar-refractivity contribution >= 4 is 92.2 Å². The monoisotopic (exact) mass is 1430 g/mol. The number of nitrogens with zero attached hydrogens (tertiary/aromatic N) is 8. The predicted molar refractivity (Wildman–Crippen MR) is 390 cm³/mol. The van der Waals surface area contributed by atoms with E-state index in [1.54, 1.807) is 64.6 Å². The van der Waals surface area contributed by atoms with Crippen molar-refractivity contribution in [3.8, 4) is 0 Å². The first-order chi connectivity index (χ1) is 46.1. The number of likely N-dealkylation sites (N-methyl/N-ethyl adjacent to an activating group) is 7. The molecule has 560 valence electrons. The molecule has 10 amide bonds. The Hall–Kier alpha value is -6.41. The molecule has 0 spiro atoms. The minimum Gasteiger partial charge on any atom is -0.390 e. The van der Waals surface area contributed by atoms with Gasteiger partial charge in [-0.25, -0.2) is 4.98 Å². The number of rotatable bonds is 23. The van der Waals surface area contributed by atoms with Crippen LogP contribution >= 0.6 is 21.6 Å². The Morgan fingerprint density at radius 2 is 1.12 bits per heavy atom. The SMILES string of the molecule is CC[C@@H]1CC(=O)[C@H]([C@H](O)[C@H](C)C/C=C/CCC(=O)NCCSSc2ccccn2)N(C)C(=O)[C@H](C(C)C)N(C)C(=O)[C@H](CC(C)C)N(C)C(=O)[C@H](CC(C)C)N(C)C(=O)[C@@H](C)NC(=O)[C@H](C)CC(=O)[C@H](CC(C)C)N(C)C(=O)C(C(C)C)NC(=O)[C@H](CC(C)C)N(C)C(=O)CN(C)C1=O. The van der Waals surface area contributed by atoms with Gasteiger partial charge in [-0.3, -0.25) is 57.5 Å². The van der Waals surface area contributed by atoms with E-state index in [0.29, 0.717) is 18.7 Å². The molecule has 0 bridgehead atoms. The predicted octanol–water partition coefficient (Wildman–Crippen LogP) is 7.16. The van der Waals surface area contributed by atoms with Crippen LogP contribution in [-0.2, 0) is 57.5 Å². The van der Waals surface area contributed by atoms with E-state index in [4.69, 9.17) is 0 Å². The van der Waals surface area contributed by atoms with Crippen LogP contribution in [0.25, 0.3) is 0 Å². The first-order valence-corrected chi connectivity index (χ1v) is 37.7. The van der Waals surface area contributed by atoms with Gasteiger partial charge < -0.3 is 55.4 Å². The van der Waals surface area contributed by atoms with E-state index in [-0.39, 0.29) is 80.9 Å². The van der Waals surface area contributed by atoms with E-state index in [1.165, 1.54) is 103 Å². The molecule has 0 aliphatic carbocycles. The average molecular weight is 1430 g/mol. The largest absolute Gasteiger partial charge is 0.390 e. The lowest BCUT2D eigenvalue weighted by Gasteiger charge is -2.41. The van der Waals surface area contributed by atoms with Crippen LogP contribution in [0, 0.1) is 53.3 Å². The number of Topliss-reactive ketones (excluding diaryl/α,β-unsaturated/α-hetero) is 2. The van der Waals surface area contributed by atoms with E-state index >= 15 is 19.2 Å². The zero-order chi connectivity index (χ0) is 75.6. The van der Waals surface area contributed by atoms with Crippen molar-refractivity contribution < 1.29 is 62.6 Å². The molecule has 24 nitrogen and oxygen atoms in total. The van der Waals surface area contributed by atoms with Crippen molar-refractivity contribution in [1.29, 1.82) is 0 Å². The summed E-state index contributed by atoms with van der Waals surface area (Å²) >= 11 is 0. The van der Waals surface area contributed by atoms with Crippen LogP contribution in [0.3, 0.4) is 0 Å². The van der Waals surface area contributed by atoms with Gasteiger partial charge >= 0.3 is 0 Å². The Bertz CT molecular complexity index is 2880. The summed E-state index contributed by atoms with van der Waals surface area (Å²) in [5.74, 6) is -10.6. The number of hydrogen-bond donors (Lipinski definition) is 4. The number of allylic oxidation sites excluding steroid dienone is 2. The smallest absolute Gasteiger partial charge is 0.246 e. The molecule has 0 radical (unpaired) electrons. The van der Waals surface area contributed by atoms with Gasteiger partial charge in [0.15, 0.2) is 11.6 Å². The second-order valence-electron chi connectivity index (χ2n) is 29.6. The number of pyridine rings is 1. The van der Waals surface area contributed by atoms with Crippen molar-refractivity contribution in [2.45, 2.75) is 234 Å². The van der Waals surface area contributed by atoms with Gasteiger partial charge in [-0.1, -0.05) is 133 Å². The lowest BCUT2D eigenvalue weighted by atomic mass is 9.86. The van der Waals surface area contributed by atoms with Gasteiger partial charge in [-0.2, -0.15) is 0 Å². The summed E-state index contributed by atoms with van der Waals surface area (Å²) in [5.41, 5.74) is 0. The fraction of sp³-hybridized carbons (Fsp3) is 0.740. The minimum atomic E-state index is -1.59. The fourth-order valence-corrected chi connectivity index (χ4v) is 14.1. The summed E-state index contributed by atoms with van der Waals surface area (Å²) in [7, 11) is 13.2. The van der Waals surface area contributed by atoms with E-state index in [1.807, 2.05) is 79.7 Å². The summed E-state index contributed by atoms with van der Waals surface area (Å²) < 4.78 is 0. The molecule has 4 N–H and O–H groups in total. The molecular formula is C73H123N11O13S2. The van der Waals surface area contributed by atoms with Gasteiger partial charge in [0.25, 0.3) is 0 Å². The summed E-state index contributed by atoms with van der Waals surface area (Å²) in [6, 6.07) is -4.07. The maximum Gasteiger partial charge on any atom is 0.246 e. The highest BCUT2D eigenvalue weighted by atomic mass is 33.1. The number of hydrogen-bond acceptors (Lipinski definition) is 16. The highest BCUT2D eigenvalue weighted by Gasteiger charge is 2.46. The number of aromatic nitrogens is 1. The van der Waals surface area contributed by atoms with Crippen LogP contribution in [0.4, 0.5) is 0 Å². The number of carbonyl (C=O) groups excluding carboxylic acids is 12. The first-order valence-electron chi connectivity index (χ1n) is 35.4. The number of carbonyl (C=O) groups is 12. The Balaban J connectivity index is 2.87. The van der Waals surface area contributed by atoms with Gasteiger partial charge in [-0.15, -0.1) is 0 Å². The summed E-state index contributed by atoms with van der Waals surface area (Å²) in [6.07, 6.45) is 4.52. The van der Waals surface area contributed by atoms with Crippen molar-refractivity contribution in [3.05, 3.63) is 36.5 Å². The highest BCUT2D eigenvalue weighted by molar-refractivity contribution is 8.76. The van der Waals surface area contributed by atoms with Crippen molar-refractivity contribution in [1.82, 2.24) is 55.2 Å². The molecule has 26 heteroatoms. The third kappa shape index (κ3) is 27.5. The Kier molecular flexibility index (Phi) is 38.3. The highest BCUT2D eigenvalue weighted by Crippen LogP contribution is 2.30. The molecule has 1 aliphatic heterocycles. The van der Waals surface area contributed by atoms with E-state index in [9.17, 15) is 43.5 Å². The molecule has 1 aromatic heterocycles. The third-order valence-corrected chi connectivity index (χ3v) is 20.7. The third-order valence-electron chi connectivity index (χ3n) is 18.4. The molecular weight excluding hydrogens is 1300 g/mol. The van der Waals surface area contributed by atoms with Crippen LogP contribution in [0.1, 0.15) is 175 Å². The standard InChI is InChI=1S/C73H123N11O13S2/c1-24-52-41-58(86)64(65(89)49(14)30-26-25-27-31-59(87)74-34-35-98-99-60-32-28-29-33-75-60)84(23)73(97)63(48(12)13)83(22)71(95)56(39-46(8)9)82(21)70(94)55(38-45(6)7)81(20)68(92)51(16)76-66(90)50(15)40-57(85)53(36-43(2)3)80(19)72(96)62(47(10)11)77-67(91)54(37-44(4)5)79(18)61(88)42-78(17)69(52)93/h25-26,28-29,32-33,43-56,62-65,89H,24,27,30-31,34-42H2,1-23H3,(H,74,87)(H,76,90)(H,77,91)/b26-25+/t49-,50-,51-,52-,53+,54+,55+,56+,62?,63+,64-,65-/m1/s1. The number of aliphatic hydroxyl groups excluding tert-OH is 1. The number of amides is 10. The van der Waals surface area contributed by atoms with Crippen LogP contribution in [0.2, 0.25) is 0 Å². The Morgan fingerprint density at radius 1 is 0.596 bits per heavy atom. The minimum absolute atomic E-state index is 0.0969. The van der Waals surface area contributed by atoms with Crippen molar-refractivity contribution in [3.63, 3.8) is 0 Å². The second kappa shape index (κ2) is 42.8. The molecule has 1 aromatic rings. The summed E-state index contributed by atoms with van der Waals surface area (Å²) in [6.45, 7) is 28.3. The van der Waals surface area contributed by atoms with Gasteiger partial charge in [0, 0.05) is 98.9 Å². The Labute approximate surface area is 599 Å². The topological polar surface area (TPSA) is 297 Å². The molecule has 0 saturated carbocycles. The first kappa shape index (κ1) is 88.7. The van der Waals surface area contributed by atoms with Gasteiger partial charge in [0.2, 0.25) is 59.1 Å². The van der Waals surface area contributed by atoms with Crippen LogP contribution < -0.4 is 16.0 Å². The maximum atomic E-state index is 15.4. The molecule has 12 atom stereocenters. The van der Waals surface area contributed by atoms with Crippen LogP contribution in [0.15, 0.2) is 41.6 Å². The molecule has 1 fully saturated rings. The maximum absolute atomic E-state index is 15.4. The molecule has 1 unspecified atom stereocenters. The molecule has 1 aliphatic rings. The lowest BCUT2D eigenvalue weighted by molar-refractivity contribution is -0.157. The average Bonchev–Trinajstić information content (AvgIpc) is 0.804. The second-order valence-corrected chi connectivity index (χ2v) is 32.0. The molecule has 2 heterocycles. The fourth-order valence-electron chi connectivity index (χ4n) is 12.3. The number of aliphatic hydroxyl groups is 1. The zero-order valence-corrected chi connectivity index (χ0v) is 65.4. The van der Waals surface area contributed by atoms with E-state index < -0.39 is 162 Å². The Morgan fingerprint density at radius 3 is 1.65 bits per heavy atom. The summed E-state index contributed by atoms with van der Waals surface area (Å²) in [4.78, 5) is 188. The normalized spacial score (nSPS) is 24.8. The molecule has 2 rings (SSSR count). The van der Waals surface area contributed by atoms with Gasteiger partial charge in [0.1, 0.15) is 47.3 Å². The van der Waals surface area contributed by atoms with Crippen LogP contribution in [0.5, 0.6) is 0 Å². The summed E-state index contributed by atoms with van der Waals surface area (Å²) in [5, 5.41) is 21.9. The molecule has 99 heavy (non-hydrogen) atoms.